The molecule has 1 fully saturated rings. The second-order valence-corrected chi connectivity index (χ2v) is 5.56. The summed E-state index contributed by atoms with van der Waals surface area (Å²) in [4.78, 5) is 4.58. The average Bonchev–Trinajstić information content (AvgIpc) is 2.62. The Morgan fingerprint density at radius 1 is 1.04 bits per heavy atom. The maximum absolute atomic E-state index is 9.30. The average molecular weight is 308 g/mol. The summed E-state index contributed by atoms with van der Waals surface area (Å²) in [5.74, 6) is 0.871. The number of methoxy groups -OCH3 is 1. The summed E-state index contributed by atoms with van der Waals surface area (Å²) < 4.78 is 5.29. The molecule has 2 aromatic rings. The van der Waals surface area contributed by atoms with Crippen molar-refractivity contribution in [2.45, 2.75) is 0 Å². The lowest BCUT2D eigenvalue weighted by Crippen LogP contribution is -2.46. The van der Waals surface area contributed by atoms with Crippen LogP contribution in [-0.2, 0) is 0 Å². The first-order valence-electron chi connectivity index (χ1n) is 7.65. The van der Waals surface area contributed by atoms with Crippen LogP contribution in [0.3, 0.4) is 0 Å². The Bertz CT molecular complexity index is 730. The van der Waals surface area contributed by atoms with Crippen LogP contribution in [0.2, 0.25) is 0 Å². The summed E-state index contributed by atoms with van der Waals surface area (Å²) in [5, 5.41) is 9.30. The lowest BCUT2D eigenvalue weighted by atomic mass is 10.1. The summed E-state index contributed by atoms with van der Waals surface area (Å²) >= 11 is 0. The lowest BCUT2D eigenvalue weighted by Gasteiger charge is -2.37. The van der Waals surface area contributed by atoms with Crippen molar-refractivity contribution in [2.75, 3.05) is 48.8 Å². The monoisotopic (exact) mass is 308 g/mol. The van der Waals surface area contributed by atoms with Crippen LogP contribution in [0, 0.1) is 11.3 Å². The molecule has 118 valence electrons. The zero-order valence-electron chi connectivity index (χ0n) is 13.2. The molecule has 0 bridgehead atoms. The van der Waals surface area contributed by atoms with E-state index in [1.807, 2.05) is 24.3 Å². The van der Waals surface area contributed by atoms with Gasteiger partial charge in [-0.1, -0.05) is 6.07 Å². The van der Waals surface area contributed by atoms with E-state index in [0.717, 1.165) is 37.6 Å². The normalized spacial score (nSPS) is 14.4. The number of hydrogen-bond acceptors (Lipinski definition) is 5. The molecule has 1 aliphatic rings. The fourth-order valence-corrected chi connectivity index (χ4v) is 2.93. The fourth-order valence-electron chi connectivity index (χ4n) is 2.93. The lowest BCUT2D eigenvalue weighted by molar-refractivity contribution is 0.414. The number of hydrogen-bond donors (Lipinski definition) is 1. The fraction of sp³-hybridized carbons (Fsp3) is 0.278. The molecule has 23 heavy (non-hydrogen) atoms. The Morgan fingerprint density at radius 3 is 2.48 bits per heavy atom. The highest BCUT2D eigenvalue weighted by molar-refractivity contribution is 5.65. The topological polar surface area (TPSA) is 65.5 Å². The summed E-state index contributed by atoms with van der Waals surface area (Å²) in [6, 6.07) is 15.9. The van der Waals surface area contributed by atoms with Crippen molar-refractivity contribution in [2.24, 2.45) is 0 Å². The molecule has 0 spiro atoms. The number of piperazine rings is 1. The Kier molecular flexibility index (Phi) is 4.24. The third-order valence-corrected chi connectivity index (χ3v) is 4.18. The first-order chi connectivity index (χ1) is 11.2. The molecular formula is C18H20N4O. The third kappa shape index (κ3) is 3.16. The number of nitrogen functional groups attached to an aromatic ring is 1. The van der Waals surface area contributed by atoms with Crippen LogP contribution in [0.15, 0.2) is 42.5 Å². The third-order valence-electron chi connectivity index (χ3n) is 4.18. The SMILES string of the molecule is COc1cccc(N2CCN(c3ccc(N)cc3C#N)CC2)c1. The molecule has 3 rings (SSSR count). The minimum Gasteiger partial charge on any atom is -0.497 e. The maximum Gasteiger partial charge on any atom is 0.120 e. The van der Waals surface area contributed by atoms with Gasteiger partial charge in [0, 0.05) is 43.6 Å². The minimum absolute atomic E-state index is 0.625. The van der Waals surface area contributed by atoms with Crippen molar-refractivity contribution in [3.8, 4) is 11.8 Å². The maximum atomic E-state index is 9.30. The van der Waals surface area contributed by atoms with E-state index >= 15 is 0 Å². The first kappa shape index (κ1) is 15.0. The molecule has 0 atom stereocenters. The first-order valence-corrected chi connectivity index (χ1v) is 7.65. The number of ether oxygens (including phenoxy) is 1. The smallest absolute Gasteiger partial charge is 0.120 e. The zero-order chi connectivity index (χ0) is 16.2. The van der Waals surface area contributed by atoms with Gasteiger partial charge in [0.25, 0.3) is 0 Å². The predicted molar refractivity (Wildman–Crippen MR) is 93.0 cm³/mol. The Hall–Kier alpha value is -2.87. The number of nitriles is 1. The van der Waals surface area contributed by atoms with Gasteiger partial charge in [-0.05, 0) is 30.3 Å². The molecule has 0 aliphatic carbocycles. The summed E-state index contributed by atoms with van der Waals surface area (Å²) in [6.07, 6.45) is 0. The molecule has 0 amide bonds. The molecule has 1 heterocycles. The number of anilines is 3. The van der Waals surface area contributed by atoms with E-state index in [1.165, 1.54) is 5.69 Å². The second-order valence-electron chi connectivity index (χ2n) is 5.56. The zero-order valence-corrected chi connectivity index (χ0v) is 13.2. The van der Waals surface area contributed by atoms with Crippen molar-refractivity contribution < 1.29 is 4.74 Å². The standard InChI is InChI=1S/C18H20N4O/c1-23-17-4-2-3-16(12-17)21-7-9-22(10-8-21)18-6-5-15(20)11-14(18)13-19/h2-6,11-12H,7-10,20H2,1H3. The quantitative estimate of drug-likeness (QED) is 0.882. The largest absolute Gasteiger partial charge is 0.497 e. The van der Waals surface area contributed by atoms with Gasteiger partial charge < -0.3 is 20.3 Å². The number of nitrogens with zero attached hydrogens (tertiary/aromatic N) is 3. The Morgan fingerprint density at radius 2 is 1.78 bits per heavy atom. The molecule has 0 aromatic heterocycles. The van der Waals surface area contributed by atoms with E-state index in [-0.39, 0.29) is 0 Å². The van der Waals surface area contributed by atoms with Gasteiger partial charge in [-0.15, -0.1) is 0 Å². The molecule has 0 radical (unpaired) electrons. The molecule has 2 N–H and O–H groups in total. The number of nitrogens with two attached hydrogens (primary N) is 1. The highest BCUT2D eigenvalue weighted by Gasteiger charge is 2.19. The van der Waals surface area contributed by atoms with Crippen LogP contribution in [0.1, 0.15) is 5.56 Å². The molecule has 5 nitrogen and oxygen atoms in total. The van der Waals surface area contributed by atoms with Gasteiger partial charge in [-0.2, -0.15) is 5.26 Å². The molecule has 1 saturated heterocycles. The second kappa shape index (κ2) is 6.49. The van der Waals surface area contributed by atoms with Crippen LogP contribution in [0.4, 0.5) is 17.1 Å². The van der Waals surface area contributed by atoms with Crippen molar-refractivity contribution in [3.05, 3.63) is 48.0 Å². The van der Waals surface area contributed by atoms with E-state index in [1.54, 1.807) is 13.2 Å². The van der Waals surface area contributed by atoms with Crippen molar-refractivity contribution in [1.82, 2.24) is 0 Å². The van der Waals surface area contributed by atoms with Gasteiger partial charge in [-0.25, -0.2) is 0 Å². The molecule has 0 unspecified atom stereocenters. The van der Waals surface area contributed by atoms with E-state index in [2.05, 4.69) is 28.0 Å². The van der Waals surface area contributed by atoms with Gasteiger partial charge in [0.2, 0.25) is 0 Å². The minimum atomic E-state index is 0.625. The predicted octanol–water partition coefficient (Wildman–Crippen LogP) is 2.48. The van der Waals surface area contributed by atoms with Crippen molar-refractivity contribution in [1.29, 1.82) is 5.26 Å². The highest BCUT2D eigenvalue weighted by atomic mass is 16.5. The van der Waals surface area contributed by atoms with Crippen LogP contribution < -0.4 is 20.3 Å². The van der Waals surface area contributed by atoms with Crippen molar-refractivity contribution in [3.63, 3.8) is 0 Å². The van der Waals surface area contributed by atoms with E-state index in [0.29, 0.717) is 11.3 Å². The van der Waals surface area contributed by atoms with Crippen LogP contribution in [-0.4, -0.2) is 33.3 Å². The van der Waals surface area contributed by atoms with Gasteiger partial charge in [0.1, 0.15) is 11.8 Å². The molecule has 0 saturated carbocycles. The van der Waals surface area contributed by atoms with E-state index in [4.69, 9.17) is 10.5 Å². The van der Waals surface area contributed by atoms with Crippen LogP contribution in [0.25, 0.3) is 0 Å². The Balaban J connectivity index is 1.72. The van der Waals surface area contributed by atoms with E-state index in [9.17, 15) is 5.26 Å². The summed E-state index contributed by atoms with van der Waals surface area (Å²) in [5.41, 5.74) is 9.17. The van der Waals surface area contributed by atoms with E-state index < -0.39 is 0 Å². The molecule has 2 aromatic carbocycles. The molecule has 1 aliphatic heterocycles. The van der Waals surface area contributed by atoms with Gasteiger partial charge in [0.15, 0.2) is 0 Å². The van der Waals surface area contributed by atoms with Gasteiger partial charge in [0.05, 0.1) is 18.4 Å². The van der Waals surface area contributed by atoms with Gasteiger partial charge >= 0.3 is 0 Å². The Labute approximate surface area is 136 Å². The van der Waals surface area contributed by atoms with Crippen molar-refractivity contribution >= 4 is 17.1 Å². The summed E-state index contributed by atoms with van der Waals surface area (Å²) in [7, 11) is 1.68. The number of benzene rings is 2. The van der Waals surface area contributed by atoms with Crippen LogP contribution in [0.5, 0.6) is 5.75 Å². The van der Waals surface area contributed by atoms with Crippen LogP contribution >= 0.6 is 0 Å². The van der Waals surface area contributed by atoms with Gasteiger partial charge in [-0.3, -0.25) is 0 Å². The summed E-state index contributed by atoms with van der Waals surface area (Å²) in [6.45, 7) is 3.55. The molecular weight excluding hydrogens is 288 g/mol. The highest BCUT2D eigenvalue weighted by Crippen LogP contribution is 2.26. The molecule has 5 heteroatoms. The number of rotatable bonds is 3.